The second-order valence-electron chi connectivity index (χ2n) is 6.64. The normalized spacial score (nSPS) is 16.8. The summed E-state index contributed by atoms with van der Waals surface area (Å²) in [6.07, 6.45) is 1.03. The summed E-state index contributed by atoms with van der Waals surface area (Å²) in [7, 11) is 0. The van der Waals surface area contributed by atoms with E-state index in [1.807, 2.05) is 13.8 Å². The van der Waals surface area contributed by atoms with Gasteiger partial charge in [0, 0.05) is 6.42 Å². The molecule has 0 spiro atoms. The van der Waals surface area contributed by atoms with E-state index in [9.17, 15) is 14.4 Å². The monoisotopic (exact) mass is 437 g/mol. The average Bonchev–Trinajstić information content (AvgIpc) is 2.59. The molecule has 7 heteroatoms. The number of nitrogens with zero attached hydrogens (tertiary/aromatic N) is 1. The van der Waals surface area contributed by atoms with Gasteiger partial charge >= 0.3 is 0 Å². The standard InChI is InChI=1S/C15H21Br2NO4/c1-9(19)6-7-15(4,5)22-8-14(2,3)18-12(20)10(16)11(17)13(18)21/h6-8H2,1-5H3. The molecular weight excluding hydrogens is 418 g/mol. The van der Waals surface area contributed by atoms with Gasteiger partial charge in [0.2, 0.25) is 0 Å². The van der Waals surface area contributed by atoms with Gasteiger partial charge in [0.15, 0.2) is 0 Å². The quantitative estimate of drug-likeness (QED) is 0.572. The molecule has 0 saturated heterocycles. The molecule has 0 atom stereocenters. The highest BCUT2D eigenvalue weighted by atomic mass is 79.9. The minimum atomic E-state index is -0.795. The zero-order chi connectivity index (χ0) is 17.3. The highest BCUT2D eigenvalue weighted by Crippen LogP contribution is 2.35. The molecule has 0 aliphatic carbocycles. The maximum atomic E-state index is 12.2. The largest absolute Gasteiger partial charge is 0.373 e. The van der Waals surface area contributed by atoms with Gasteiger partial charge in [-0.15, -0.1) is 0 Å². The van der Waals surface area contributed by atoms with Gasteiger partial charge < -0.3 is 9.53 Å². The van der Waals surface area contributed by atoms with Crippen LogP contribution >= 0.6 is 31.9 Å². The molecule has 22 heavy (non-hydrogen) atoms. The minimum absolute atomic E-state index is 0.109. The highest BCUT2D eigenvalue weighted by molar-refractivity contribution is 9.14. The molecule has 1 rings (SSSR count). The number of carbonyl (C=O) groups excluding carboxylic acids is 3. The fraction of sp³-hybridized carbons (Fsp3) is 0.667. The fourth-order valence-corrected chi connectivity index (χ4v) is 2.71. The van der Waals surface area contributed by atoms with Crippen LogP contribution in [0.15, 0.2) is 8.96 Å². The number of hydrogen-bond acceptors (Lipinski definition) is 4. The fourth-order valence-electron chi connectivity index (χ4n) is 2.01. The van der Waals surface area contributed by atoms with Crippen LogP contribution in [0.25, 0.3) is 0 Å². The Labute approximate surface area is 147 Å². The zero-order valence-corrected chi connectivity index (χ0v) is 16.6. The van der Waals surface area contributed by atoms with E-state index in [-0.39, 0.29) is 33.2 Å². The summed E-state index contributed by atoms with van der Waals surface area (Å²) >= 11 is 6.23. The third-order valence-corrected chi connectivity index (χ3v) is 5.48. The van der Waals surface area contributed by atoms with Gasteiger partial charge in [0.25, 0.3) is 11.8 Å². The zero-order valence-electron chi connectivity index (χ0n) is 13.5. The lowest BCUT2D eigenvalue weighted by Gasteiger charge is -2.37. The number of halogens is 2. The van der Waals surface area contributed by atoms with Crippen LogP contribution in [0, 0.1) is 0 Å². The Balaban J connectivity index is 2.75. The topological polar surface area (TPSA) is 63.7 Å². The average molecular weight is 439 g/mol. The lowest BCUT2D eigenvalue weighted by atomic mass is 9.99. The molecule has 1 aliphatic heterocycles. The van der Waals surface area contributed by atoms with Gasteiger partial charge in [-0.05, 0) is 72.9 Å². The summed E-state index contributed by atoms with van der Waals surface area (Å²) in [4.78, 5) is 36.6. The van der Waals surface area contributed by atoms with E-state index in [1.165, 1.54) is 4.90 Å². The van der Waals surface area contributed by atoms with Crippen LogP contribution in [0.4, 0.5) is 0 Å². The number of carbonyl (C=O) groups is 3. The van der Waals surface area contributed by atoms with Crippen LogP contribution in [-0.4, -0.2) is 40.2 Å². The number of ether oxygens (including phenoxy) is 1. The molecular formula is C15H21Br2NO4. The van der Waals surface area contributed by atoms with Crippen molar-refractivity contribution in [3.05, 3.63) is 8.96 Å². The number of ketones is 1. The van der Waals surface area contributed by atoms with Gasteiger partial charge in [-0.25, -0.2) is 0 Å². The Kier molecular flexibility index (Phi) is 6.14. The second-order valence-corrected chi connectivity index (χ2v) is 8.22. The highest BCUT2D eigenvalue weighted by Gasteiger charge is 2.45. The second kappa shape index (κ2) is 6.93. The SMILES string of the molecule is CC(=O)CCC(C)(C)OCC(C)(C)N1C(=O)C(Br)=C(Br)C1=O. The third-order valence-electron chi connectivity index (χ3n) is 3.48. The van der Waals surface area contributed by atoms with E-state index in [0.29, 0.717) is 12.8 Å². The lowest BCUT2D eigenvalue weighted by Crippen LogP contribution is -2.52. The van der Waals surface area contributed by atoms with Gasteiger partial charge in [-0.2, -0.15) is 0 Å². The van der Waals surface area contributed by atoms with Crippen LogP contribution < -0.4 is 0 Å². The first-order chi connectivity index (χ1) is 9.89. The Morgan fingerprint density at radius 2 is 1.55 bits per heavy atom. The van der Waals surface area contributed by atoms with Crippen molar-refractivity contribution in [1.29, 1.82) is 0 Å². The molecule has 0 bridgehead atoms. The predicted octanol–water partition coefficient (Wildman–Crippen LogP) is 3.30. The number of hydrogen-bond donors (Lipinski definition) is 0. The molecule has 0 radical (unpaired) electrons. The van der Waals surface area contributed by atoms with E-state index in [0.717, 1.165) is 0 Å². The molecule has 1 aliphatic rings. The van der Waals surface area contributed by atoms with Crippen molar-refractivity contribution >= 4 is 49.5 Å². The molecule has 0 aromatic heterocycles. The Hall–Kier alpha value is -0.530. The van der Waals surface area contributed by atoms with Crippen molar-refractivity contribution < 1.29 is 19.1 Å². The van der Waals surface area contributed by atoms with Crippen LogP contribution in [0.5, 0.6) is 0 Å². The maximum absolute atomic E-state index is 12.2. The Bertz CT molecular complexity index is 514. The van der Waals surface area contributed by atoms with Crippen molar-refractivity contribution in [1.82, 2.24) is 4.90 Å². The summed E-state index contributed by atoms with van der Waals surface area (Å²) in [5.74, 6) is -0.656. The Morgan fingerprint density at radius 3 is 1.95 bits per heavy atom. The van der Waals surface area contributed by atoms with E-state index in [4.69, 9.17) is 4.74 Å². The molecule has 124 valence electrons. The summed E-state index contributed by atoms with van der Waals surface area (Å²) in [6.45, 7) is 9.07. The summed E-state index contributed by atoms with van der Waals surface area (Å²) in [6, 6.07) is 0. The van der Waals surface area contributed by atoms with Crippen LogP contribution in [0.2, 0.25) is 0 Å². The van der Waals surface area contributed by atoms with Crippen molar-refractivity contribution in [2.24, 2.45) is 0 Å². The number of imide groups is 1. The first-order valence-corrected chi connectivity index (χ1v) is 8.55. The van der Waals surface area contributed by atoms with Gasteiger partial charge in [-0.1, -0.05) is 0 Å². The van der Waals surface area contributed by atoms with Crippen molar-refractivity contribution in [3.8, 4) is 0 Å². The van der Waals surface area contributed by atoms with Crippen molar-refractivity contribution in [2.45, 2.75) is 58.6 Å². The minimum Gasteiger partial charge on any atom is -0.373 e. The number of rotatable bonds is 7. The molecule has 0 aromatic rings. The molecule has 0 N–H and O–H groups in total. The van der Waals surface area contributed by atoms with Crippen LogP contribution in [0.3, 0.4) is 0 Å². The molecule has 0 saturated carbocycles. The molecule has 0 fully saturated rings. The lowest BCUT2D eigenvalue weighted by molar-refractivity contribution is -0.149. The van der Waals surface area contributed by atoms with Crippen molar-refractivity contribution in [2.75, 3.05) is 6.61 Å². The summed E-state index contributed by atoms with van der Waals surface area (Å²) in [5.41, 5.74) is -1.30. The van der Waals surface area contributed by atoms with Crippen molar-refractivity contribution in [3.63, 3.8) is 0 Å². The summed E-state index contributed by atoms with van der Waals surface area (Å²) < 4.78 is 6.32. The smallest absolute Gasteiger partial charge is 0.269 e. The molecule has 0 unspecified atom stereocenters. The maximum Gasteiger partial charge on any atom is 0.269 e. The molecule has 2 amide bonds. The molecule has 5 nitrogen and oxygen atoms in total. The predicted molar refractivity (Wildman–Crippen MR) is 90.8 cm³/mol. The van der Waals surface area contributed by atoms with E-state index in [2.05, 4.69) is 31.9 Å². The van der Waals surface area contributed by atoms with Gasteiger partial charge in [0.05, 0.1) is 17.7 Å². The van der Waals surface area contributed by atoms with Gasteiger partial charge in [-0.3, -0.25) is 14.5 Å². The summed E-state index contributed by atoms with van der Waals surface area (Å²) in [5, 5.41) is 0. The van der Waals surface area contributed by atoms with Crippen LogP contribution in [-0.2, 0) is 19.1 Å². The van der Waals surface area contributed by atoms with E-state index in [1.54, 1.807) is 20.8 Å². The van der Waals surface area contributed by atoms with Crippen LogP contribution in [0.1, 0.15) is 47.5 Å². The first kappa shape index (κ1) is 19.5. The molecule has 0 aromatic carbocycles. The van der Waals surface area contributed by atoms with E-state index < -0.39 is 11.1 Å². The van der Waals surface area contributed by atoms with E-state index >= 15 is 0 Å². The molecule has 1 heterocycles. The third kappa shape index (κ3) is 4.49. The number of Topliss-reactive ketones (excluding diaryl/α,β-unsaturated/α-hetero) is 1. The number of amides is 2. The first-order valence-electron chi connectivity index (χ1n) is 6.96. The van der Waals surface area contributed by atoms with Gasteiger partial charge in [0.1, 0.15) is 14.7 Å². The Morgan fingerprint density at radius 1 is 1.09 bits per heavy atom.